The molecule has 0 amide bonds. The molecule has 0 aromatic carbocycles. The second kappa shape index (κ2) is 3.53. The van der Waals surface area contributed by atoms with Gasteiger partial charge in [0, 0.05) is 20.6 Å². The van der Waals surface area contributed by atoms with E-state index in [-0.39, 0.29) is 6.42 Å². The van der Waals surface area contributed by atoms with E-state index < -0.39 is 11.8 Å². The van der Waals surface area contributed by atoms with E-state index in [4.69, 9.17) is 5.11 Å². The first-order valence-corrected chi connectivity index (χ1v) is 2.96. The Morgan fingerprint density at radius 3 is 1.90 bits per heavy atom. The van der Waals surface area contributed by atoms with Crippen LogP contribution >= 0.6 is 0 Å². The summed E-state index contributed by atoms with van der Waals surface area (Å²) in [5.74, 6) is -2.56. The number of carbonyl (C=O) groups is 1. The number of aliphatic carboxylic acids is 1. The monoisotopic (exact) mass is 148 g/mol. The van der Waals surface area contributed by atoms with E-state index in [2.05, 4.69) is 9.47 Å². The smallest absolute Gasteiger partial charge is 0.364 e. The van der Waals surface area contributed by atoms with Gasteiger partial charge < -0.3 is 14.6 Å². The van der Waals surface area contributed by atoms with Crippen LogP contribution in [-0.2, 0) is 14.3 Å². The van der Waals surface area contributed by atoms with Crippen molar-refractivity contribution in [2.24, 2.45) is 0 Å². The first-order valence-electron chi connectivity index (χ1n) is 2.96. The highest BCUT2D eigenvalue weighted by molar-refractivity contribution is 5.75. The van der Waals surface area contributed by atoms with Crippen LogP contribution in [0, 0.1) is 0 Å². The van der Waals surface area contributed by atoms with Crippen molar-refractivity contribution in [1.29, 1.82) is 0 Å². The average molecular weight is 148 g/mol. The minimum Gasteiger partial charge on any atom is -0.477 e. The van der Waals surface area contributed by atoms with Crippen LogP contribution in [0.15, 0.2) is 0 Å². The van der Waals surface area contributed by atoms with Gasteiger partial charge >= 0.3 is 5.97 Å². The van der Waals surface area contributed by atoms with E-state index in [1.807, 2.05) is 0 Å². The summed E-state index contributed by atoms with van der Waals surface area (Å²) in [6.07, 6.45) is 0.287. The Bertz CT molecular complexity index is 109. The van der Waals surface area contributed by atoms with Crippen molar-refractivity contribution in [2.75, 3.05) is 14.2 Å². The third kappa shape index (κ3) is 1.46. The molecule has 10 heavy (non-hydrogen) atoms. The second-order valence-electron chi connectivity index (χ2n) is 1.82. The van der Waals surface area contributed by atoms with Crippen LogP contribution in [0.3, 0.4) is 0 Å². The summed E-state index contributed by atoms with van der Waals surface area (Å²) < 4.78 is 9.35. The van der Waals surface area contributed by atoms with Gasteiger partial charge in [0.15, 0.2) is 0 Å². The summed E-state index contributed by atoms with van der Waals surface area (Å²) in [5.41, 5.74) is 0. The summed E-state index contributed by atoms with van der Waals surface area (Å²) in [4.78, 5) is 10.5. The lowest BCUT2D eigenvalue weighted by Gasteiger charge is -2.23. The first kappa shape index (κ1) is 9.39. The average Bonchev–Trinajstić information content (AvgIpc) is 1.92. The number of carboxylic acids is 1. The van der Waals surface area contributed by atoms with Gasteiger partial charge in [0.05, 0.1) is 0 Å². The maximum atomic E-state index is 10.5. The lowest BCUT2D eigenvalue weighted by atomic mass is 10.2. The number of ether oxygens (including phenoxy) is 2. The molecular formula is C6H12O4. The van der Waals surface area contributed by atoms with E-state index >= 15 is 0 Å². The minimum absolute atomic E-state index is 0.287. The molecule has 0 saturated carbocycles. The second-order valence-corrected chi connectivity index (χ2v) is 1.82. The van der Waals surface area contributed by atoms with E-state index in [0.29, 0.717) is 0 Å². The predicted molar refractivity (Wildman–Crippen MR) is 34.7 cm³/mol. The van der Waals surface area contributed by atoms with Crippen molar-refractivity contribution in [2.45, 2.75) is 19.1 Å². The lowest BCUT2D eigenvalue weighted by Crippen LogP contribution is -2.41. The van der Waals surface area contributed by atoms with Crippen molar-refractivity contribution in [1.82, 2.24) is 0 Å². The maximum absolute atomic E-state index is 10.5. The predicted octanol–water partition coefficient (Wildman–Crippen LogP) is 0.470. The standard InChI is InChI=1S/C6H12O4/c1-4-6(9-2,10-3)5(7)8/h4H2,1-3H3,(H,7,8). The van der Waals surface area contributed by atoms with Crippen LogP contribution in [0.2, 0.25) is 0 Å². The summed E-state index contributed by atoms with van der Waals surface area (Å²) in [6, 6.07) is 0. The summed E-state index contributed by atoms with van der Waals surface area (Å²) in [6.45, 7) is 1.68. The van der Waals surface area contributed by atoms with Gasteiger partial charge in [-0.15, -0.1) is 0 Å². The molecule has 0 saturated heterocycles. The maximum Gasteiger partial charge on any atom is 0.364 e. The van der Waals surface area contributed by atoms with Crippen LogP contribution in [0.25, 0.3) is 0 Å². The van der Waals surface area contributed by atoms with Gasteiger partial charge in [-0.05, 0) is 0 Å². The van der Waals surface area contributed by atoms with Crippen LogP contribution in [-0.4, -0.2) is 31.1 Å². The third-order valence-electron chi connectivity index (χ3n) is 1.45. The van der Waals surface area contributed by atoms with Crippen molar-refractivity contribution >= 4 is 5.97 Å². The molecule has 0 heterocycles. The molecular weight excluding hydrogens is 136 g/mol. The van der Waals surface area contributed by atoms with Gasteiger partial charge in [0.25, 0.3) is 5.79 Å². The van der Waals surface area contributed by atoms with Gasteiger partial charge in [-0.1, -0.05) is 6.92 Å². The molecule has 4 nitrogen and oxygen atoms in total. The molecule has 0 atom stereocenters. The number of rotatable bonds is 4. The van der Waals surface area contributed by atoms with Crippen molar-refractivity contribution in [3.05, 3.63) is 0 Å². The van der Waals surface area contributed by atoms with Gasteiger partial charge in [0.2, 0.25) is 0 Å². The molecule has 0 radical (unpaired) electrons. The Morgan fingerprint density at radius 2 is 1.90 bits per heavy atom. The molecule has 0 fully saturated rings. The van der Waals surface area contributed by atoms with E-state index in [9.17, 15) is 4.79 Å². The van der Waals surface area contributed by atoms with Crippen LogP contribution in [0.4, 0.5) is 0 Å². The largest absolute Gasteiger partial charge is 0.477 e. The number of hydrogen-bond acceptors (Lipinski definition) is 3. The fourth-order valence-electron chi connectivity index (χ4n) is 0.698. The Kier molecular flexibility index (Phi) is 3.32. The Balaban J connectivity index is 4.31. The molecule has 0 aliphatic carbocycles. The van der Waals surface area contributed by atoms with Crippen molar-refractivity contribution in [3.8, 4) is 0 Å². The fraction of sp³-hybridized carbons (Fsp3) is 0.833. The van der Waals surface area contributed by atoms with Gasteiger partial charge in [-0.25, -0.2) is 4.79 Å². The van der Waals surface area contributed by atoms with Crippen molar-refractivity contribution < 1.29 is 19.4 Å². The normalized spacial score (nSPS) is 11.5. The molecule has 0 spiro atoms. The molecule has 0 aliphatic rings. The zero-order valence-corrected chi connectivity index (χ0v) is 6.38. The van der Waals surface area contributed by atoms with E-state index in [1.54, 1.807) is 6.92 Å². The first-order chi connectivity index (χ1) is 4.63. The Morgan fingerprint density at radius 1 is 1.50 bits per heavy atom. The Labute approximate surface area is 59.7 Å². The van der Waals surface area contributed by atoms with Crippen LogP contribution < -0.4 is 0 Å². The number of carboxylic acid groups (broad SMARTS) is 1. The highest BCUT2D eigenvalue weighted by Gasteiger charge is 2.36. The molecule has 4 heteroatoms. The molecule has 0 aromatic rings. The fourth-order valence-corrected chi connectivity index (χ4v) is 0.698. The number of hydrogen-bond donors (Lipinski definition) is 1. The molecule has 0 bridgehead atoms. The molecule has 0 rings (SSSR count). The van der Waals surface area contributed by atoms with Crippen LogP contribution in [0.5, 0.6) is 0 Å². The zero-order valence-electron chi connectivity index (χ0n) is 6.38. The topological polar surface area (TPSA) is 55.8 Å². The summed E-state index contributed by atoms with van der Waals surface area (Å²) >= 11 is 0. The Hall–Kier alpha value is -0.610. The molecule has 0 aliphatic heterocycles. The molecule has 0 aromatic heterocycles. The summed E-state index contributed by atoms with van der Waals surface area (Å²) in [5, 5.41) is 8.57. The highest BCUT2D eigenvalue weighted by Crippen LogP contribution is 2.15. The molecule has 0 unspecified atom stereocenters. The number of methoxy groups -OCH3 is 2. The van der Waals surface area contributed by atoms with Gasteiger partial charge in [-0.3, -0.25) is 0 Å². The minimum atomic E-state index is -1.46. The van der Waals surface area contributed by atoms with Gasteiger partial charge in [0.1, 0.15) is 0 Å². The SMILES string of the molecule is CCC(OC)(OC)C(=O)O. The van der Waals surface area contributed by atoms with Crippen molar-refractivity contribution in [3.63, 3.8) is 0 Å². The molecule has 60 valence electrons. The zero-order chi connectivity index (χ0) is 8.20. The summed E-state index contributed by atoms with van der Waals surface area (Å²) in [7, 11) is 2.61. The van der Waals surface area contributed by atoms with E-state index in [1.165, 1.54) is 14.2 Å². The van der Waals surface area contributed by atoms with E-state index in [0.717, 1.165) is 0 Å². The van der Waals surface area contributed by atoms with Crippen LogP contribution in [0.1, 0.15) is 13.3 Å². The lowest BCUT2D eigenvalue weighted by molar-refractivity contribution is -0.225. The quantitative estimate of drug-likeness (QED) is 0.589. The highest BCUT2D eigenvalue weighted by atomic mass is 16.7. The third-order valence-corrected chi connectivity index (χ3v) is 1.45. The van der Waals surface area contributed by atoms with Gasteiger partial charge in [-0.2, -0.15) is 0 Å². The molecule has 1 N–H and O–H groups in total.